The van der Waals surface area contributed by atoms with E-state index in [1.807, 2.05) is 19.3 Å². The maximum atomic E-state index is 5.51. The fourth-order valence-electron chi connectivity index (χ4n) is 1.49. The second-order valence-electron chi connectivity index (χ2n) is 3.67. The van der Waals surface area contributed by atoms with Crippen molar-refractivity contribution in [3.63, 3.8) is 0 Å². The predicted octanol–water partition coefficient (Wildman–Crippen LogP) is 1.60. The zero-order valence-electron chi connectivity index (χ0n) is 9.03. The minimum Gasteiger partial charge on any atom is -0.467 e. The van der Waals surface area contributed by atoms with Crippen molar-refractivity contribution in [1.82, 2.24) is 9.55 Å². The second kappa shape index (κ2) is 3.90. The lowest BCUT2D eigenvalue weighted by atomic mass is 10.3. The van der Waals surface area contributed by atoms with Gasteiger partial charge in [-0.1, -0.05) is 0 Å². The number of furan rings is 1. The Hall–Kier alpha value is -1.55. The van der Waals surface area contributed by atoms with Crippen LogP contribution >= 0.6 is 0 Å². The van der Waals surface area contributed by atoms with Crippen molar-refractivity contribution in [1.29, 1.82) is 0 Å². The van der Waals surface area contributed by atoms with Crippen LogP contribution in [0.3, 0.4) is 0 Å². The SMILES string of the molecule is Cc1ncn(Cc2cc(CN)co2)c1C. The van der Waals surface area contributed by atoms with Crippen molar-refractivity contribution in [2.75, 3.05) is 0 Å². The summed E-state index contributed by atoms with van der Waals surface area (Å²) >= 11 is 0. The highest BCUT2D eigenvalue weighted by molar-refractivity contribution is 5.15. The minimum absolute atomic E-state index is 0.519. The van der Waals surface area contributed by atoms with Crippen LogP contribution in [0.15, 0.2) is 23.1 Å². The number of nitrogens with zero attached hydrogens (tertiary/aromatic N) is 2. The van der Waals surface area contributed by atoms with Gasteiger partial charge in [0.15, 0.2) is 0 Å². The van der Waals surface area contributed by atoms with Crippen molar-refractivity contribution in [2.45, 2.75) is 26.9 Å². The van der Waals surface area contributed by atoms with E-state index in [1.165, 1.54) is 5.69 Å². The van der Waals surface area contributed by atoms with Gasteiger partial charge in [-0.2, -0.15) is 0 Å². The normalized spacial score (nSPS) is 10.9. The third-order valence-corrected chi connectivity index (χ3v) is 2.62. The number of aryl methyl sites for hydroxylation is 1. The summed E-state index contributed by atoms with van der Waals surface area (Å²) in [6.45, 7) is 5.28. The first-order chi connectivity index (χ1) is 7.20. The molecule has 2 rings (SSSR count). The highest BCUT2D eigenvalue weighted by atomic mass is 16.3. The summed E-state index contributed by atoms with van der Waals surface area (Å²) in [5.74, 6) is 0.913. The monoisotopic (exact) mass is 205 g/mol. The molecule has 0 aromatic carbocycles. The molecule has 0 saturated carbocycles. The summed E-state index contributed by atoms with van der Waals surface area (Å²) < 4.78 is 7.46. The average molecular weight is 205 g/mol. The fraction of sp³-hybridized carbons (Fsp3) is 0.364. The number of imidazole rings is 1. The van der Waals surface area contributed by atoms with E-state index in [-0.39, 0.29) is 0 Å². The molecule has 0 unspecified atom stereocenters. The Morgan fingerprint density at radius 2 is 2.27 bits per heavy atom. The first-order valence-corrected chi connectivity index (χ1v) is 4.95. The molecule has 0 bridgehead atoms. The molecule has 15 heavy (non-hydrogen) atoms. The Labute approximate surface area is 88.7 Å². The van der Waals surface area contributed by atoms with Gasteiger partial charge in [0.05, 0.1) is 24.8 Å². The third-order valence-electron chi connectivity index (χ3n) is 2.62. The summed E-state index contributed by atoms with van der Waals surface area (Å²) in [5.41, 5.74) is 8.76. The molecule has 0 spiro atoms. The van der Waals surface area contributed by atoms with Gasteiger partial charge < -0.3 is 14.7 Å². The van der Waals surface area contributed by atoms with E-state index in [2.05, 4.69) is 16.5 Å². The van der Waals surface area contributed by atoms with Gasteiger partial charge in [-0.25, -0.2) is 4.98 Å². The molecule has 2 N–H and O–H groups in total. The maximum absolute atomic E-state index is 5.51. The molecule has 2 aromatic rings. The summed E-state index contributed by atoms with van der Waals surface area (Å²) in [6.07, 6.45) is 3.53. The quantitative estimate of drug-likeness (QED) is 0.828. The average Bonchev–Trinajstić information content (AvgIpc) is 2.80. The molecule has 4 nitrogen and oxygen atoms in total. The number of aromatic nitrogens is 2. The third kappa shape index (κ3) is 1.94. The molecule has 0 aliphatic heterocycles. The maximum Gasteiger partial charge on any atom is 0.123 e. The number of hydrogen-bond acceptors (Lipinski definition) is 3. The molecule has 0 aliphatic rings. The summed E-state index contributed by atoms with van der Waals surface area (Å²) in [4.78, 5) is 4.24. The molecule has 2 heterocycles. The van der Waals surface area contributed by atoms with E-state index in [4.69, 9.17) is 10.2 Å². The fourth-order valence-corrected chi connectivity index (χ4v) is 1.49. The number of nitrogens with two attached hydrogens (primary N) is 1. The van der Waals surface area contributed by atoms with Gasteiger partial charge in [-0.05, 0) is 19.9 Å². The van der Waals surface area contributed by atoms with Gasteiger partial charge in [-0.15, -0.1) is 0 Å². The van der Waals surface area contributed by atoms with E-state index in [0.717, 1.165) is 17.0 Å². The topological polar surface area (TPSA) is 57.0 Å². The molecule has 0 saturated heterocycles. The van der Waals surface area contributed by atoms with E-state index in [0.29, 0.717) is 13.1 Å². The number of rotatable bonds is 3. The van der Waals surface area contributed by atoms with E-state index < -0.39 is 0 Å². The zero-order valence-corrected chi connectivity index (χ0v) is 9.03. The van der Waals surface area contributed by atoms with E-state index in [9.17, 15) is 0 Å². The Balaban J connectivity index is 2.18. The summed E-state index contributed by atoms with van der Waals surface area (Å²) in [7, 11) is 0. The van der Waals surface area contributed by atoms with Crippen LogP contribution in [-0.4, -0.2) is 9.55 Å². The van der Waals surface area contributed by atoms with Crippen LogP contribution in [0, 0.1) is 13.8 Å². The molecule has 0 aliphatic carbocycles. The number of hydrogen-bond donors (Lipinski definition) is 1. The lowest BCUT2D eigenvalue weighted by Gasteiger charge is -2.01. The molecule has 80 valence electrons. The minimum atomic E-state index is 0.519. The van der Waals surface area contributed by atoms with E-state index >= 15 is 0 Å². The van der Waals surface area contributed by atoms with Crippen LogP contribution < -0.4 is 5.73 Å². The van der Waals surface area contributed by atoms with Gasteiger partial charge in [0.2, 0.25) is 0 Å². The lowest BCUT2D eigenvalue weighted by Crippen LogP contribution is -1.99. The molecular weight excluding hydrogens is 190 g/mol. The van der Waals surface area contributed by atoms with Crippen molar-refractivity contribution < 1.29 is 4.42 Å². The van der Waals surface area contributed by atoms with Crippen molar-refractivity contribution >= 4 is 0 Å². The first kappa shape index (κ1) is 9.98. The lowest BCUT2D eigenvalue weighted by molar-refractivity contribution is 0.489. The standard InChI is InChI=1S/C11H15N3O/c1-8-9(2)14(7-13-8)5-11-3-10(4-12)6-15-11/h3,6-7H,4-5,12H2,1-2H3. The zero-order chi connectivity index (χ0) is 10.8. The highest BCUT2D eigenvalue weighted by Crippen LogP contribution is 2.11. The van der Waals surface area contributed by atoms with E-state index in [1.54, 1.807) is 6.26 Å². The molecular formula is C11H15N3O. The molecule has 0 radical (unpaired) electrons. The van der Waals surface area contributed by atoms with Gasteiger partial charge >= 0.3 is 0 Å². The van der Waals surface area contributed by atoms with Gasteiger partial charge in [0, 0.05) is 17.8 Å². The molecule has 0 fully saturated rings. The molecule has 0 amide bonds. The van der Waals surface area contributed by atoms with Crippen LogP contribution in [0.5, 0.6) is 0 Å². The smallest absolute Gasteiger partial charge is 0.123 e. The van der Waals surface area contributed by atoms with Crippen molar-refractivity contribution in [2.24, 2.45) is 5.73 Å². The Bertz CT molecular complexity index is 456. The predicted molar refractivity (Wildman–Crippen MR) is 57.4 cm³/mol. The van der Waals surface area contributed by atoms with Gasteiger partial charge in [0.1, 0.15) is 5.76 Å². The summed E-state index contributed by atoms with van der Waals surface area (Å²) in [6, 6.07) is 1.98. The second-order valence-corrected chi connectivity index (χ2v) is 3.67. The van der Waals surface area contributed by atoms with Gasteiger partial charge in [-0.3, -0.25) is 0 Å². The molecule has 0 atom stereocenters. The Kier molecular flexibility index (Phi) is 2.60. The Morgan fingerprint density at radius 1 is 1.47 bits per heavy atom. The van der Waals surface area contributed by atoms with Crippen LogP contribution in [-0.2, 0) is 13.1 Å². The largest absolute Gasteiger partial charge is 0.467 e. The van der Waals surface area contributed by atoms with Gasteiger partial charge in [0.25, 0.3) is 0 Å². The van der Waals surface area contributed by atoms with Crippen molar-refractivity contribution in [3.05, 3.63) is 41.4 Å². The van der Waals surface area contributed by atoms with Crippen molar-refractivity contribution in [3.8, 4) is 0 Å². The van der Waals surface area contributed by atoms with Crippen LogP contribution in [0.1, 0.15) is 22.7 Å². The molecule has 2 aromatic heterocycles. The molecule has 4 heteroatoms. The van der Waals surface area contributed by atoms with Crippen LogP contribution in [0.25, 0.3) is 0 Å². The Morgan fingerprint density at radius 3 is 2.80 bits per heavy atom. The summed E-state index contributed by atoms with van der Waals surface area (Å²) in [5, 5.41) is 0. The highest BCUT2D eigenvalue weighted by Gasteiger charge is 2.05. The van der Waals surface area contributed by atoms with Crippen LogP contribution in [0.2, 0.25) is 0 Å². The van der Waals surface area contributed by atoms with Crippen LogP contribution in [0.4, 0.5) is 0 Å². The first-order valence-electron chi connectivity index (χ1n) is 4.95.